The van der Waals surface area contributed by atoms with Crippen LogP contribution in [0.3, 0.4) is 0 Å². The lowest BCUT2D eigenvalue weighted by atomic mass is 10.2. The molecule has 3 aromatic heterocycles. The maximum Gasteiger partial charge on any atom is 0.513 e. The van der Waals surface area contributed by atoms with Gasteiger partial charge in [-0.05, 0) is 29.6 Å². The summed E-state index contributed by atoms with van der Waals surface area (Å²) in [6.45, 7) is 2.17. The van der Waals surface area contributed by atoms with Crippen molar-refractivity contribution in [2.24, 2.45) is 7.05 Å². The van der Waals surface area contributed by atoms with Crippen LogP contribution in [0.5, 0.6) is 11.5 Å². The molecule has 4 rings (SSSR count). The standard InChI is InChI=1S/C19H16ClN5O4S/c1-3-27-19(26)29-14-8-21-17(20)15-12(10-30-16(14)15)9-28-13-6-4-5-11(7-13)18-22-24-25(2)23-18/h4-8,10H,3,9H2,1-2H3. The summed E-state index contributed by atoms with van der Waals surface area (Å²) in [4.78, 5) is 17.2. The molecule has 0 N–H and O–H groups in total. The minimum atomic E-state index is -0.788. The summed E-state index contributed by atoms with van der Waals surface area (Å²) < 4.78 is 16.7. The Morgan fingerprint density at radius 1 is 1.33 bits per heavy atom. The van der Waals surface area contributed by atoms with Crippen molar-refractivity contribution < 1.29 is 19.0 Å². The molecule has 0 radical (unpaired) electrons. The lowest BCUT2D eigenvalue weighted by molar-refractivity contribution is 0.105. The summed E-state index contributed by atoms with van der Waals surface area (Å²) in [6.07, 6.45) is 0.614. The number of pyridine rings is 1. The zero-order valence-corrected chi connectivity index (χ0v) is 17.6. The van der Waals surface area contributed by atoms with Gasteiger partial charge in [-0.1, -0.05) is 23.7 Å². The SMILES string of the molecule is CCOC(=O)Oc1cnc(Cl)c2c(COc3cccc(-c4nnn(C)n4)c3)csc12. The number of carbonyl (C=O) groups is 1. The largest absolute Gasteiger partial charge is 0.513 e. The molecule has 0 aliphatic heterocycles. The first kappa shape index (κ1) is 20.0. The smallest absolute Gasteiger partial charge is 0.489 e. The molecular formula is C19H16ClN5O4S. The van der Waals surface area contributed by atoms with Gasteiger partial charge in [0.15, 0.2) is 5.75 Å². The van der Waals surface area contributed by atoms with E-state index < -0.39 is 6.16 Å². The number of aromatic nitrogens is 5. The van der Waals surface area contributed by atoms with Gasteiger partial charge in [0.25, 0.3) is 0 Å². The first-order valence-corrected chi connectivity index (χ1v) is 10.2. The molecule has 4 aromatic rings. The van der Waals surface area contributed by atoms with Gasteiger partial charge < -0.3 is 14.2 Å². The van der Waals surface area contributed by atoms with Gasteiger partial charge in [0, 0.05) is 16.5 Å². The van der Waals surface area contributed by atoms with Gasteiger partial charge >= 0.3 is 6.16 Å². The highest BCUT2D eigenvalue weighted by atomic mass is 35.5. The molecule has 1 aromatic carbocycles. The zero-order chi connectivity index (χ0) is 21.1. The Labute approximate surface area is 180 Å². The van der Waals surface area contributed by atoms with Gasteiger partial charge in [0.1, 0.15) is 17.5 Å². The van der Waals surface area contributed by atoms with Crippen LogP contribution >= 0.6 is 22.9 Å². The van der Waals surface area contributed by atoms with E-state index in [1.807, 2.05) is 29.6 Å². The average Bonchev–Trinajstić information content (AvgIpc) is 3.36. The quantitative estimate of drug-likeness (QED) is 0.320. The van der Waals surface area contributed by atoms with E-state index in [4.69, 9.17) is 25.8 Å². The number of nitrogens with zero attached hydrogens (tertiary/aromatic N) is 5. The Kier molecular flexibility index (Phi) is 5.77. The molecule has 30 heavy (non-hydrogen) atoms. The third-order valence-corrected chi connectivity index (χ3v) is 5.37. The fraction of sp³-hybridized carbons (Fsp3) is 0.211. The number of ether oxygens (including phenoxy) is 3. The molecule has 9 nitrogen and oxygen atoms in total. The lowest BCUT2D eigenvalue weighted by Crippen LogP contribution is -2.10. The van der Waals surface area contributed by atoms with Gasteiger partial charge in [-0.25, -0.2) is 9.78 Å². The van der Waals surface area contributed by atoms with Crippen molar-refractivity contribution in [2.45, 2.75) is 13.5 Å². The number of hydrogen-bond donors (Lipinski definition) is 0. The van der Waals surface area contributed by atoms with Gasteiger partial charge in [0.2, 0.25) is 5.82 Å². The Bertz CT molecular complexity index is 1210. The Hall–Kier alpha value is -3.24. The predicted octanol–water partition coefficient (Wildman–Crippen LogP) is 4.25. The average molecular weight is 446 g/mol. The second-order valence-electron chi connectivity index (χ2n) is 6.08. The molecule has 11 heteroatoms. The molecule has 0 atom stereocenters. The molecule has 0 amide bonds. The van der Waals surface area contributed by atoms with Crippen LogP contribution in [0.1, 0.15) is 12.5 Å². The molecule has 0 spiro atoms. The molecule has 0 fully saturated rings. The van der Waals surface area contributed by atoms with Crippen LogP contribution in [-0.2, 0) is 18.4 Å². The van der Waals surface area contributed by atoms with Crippen molar-refractivity contribution in [1.82, 2.24) is 25.2 Å². The van der Waals surface area contributed by atoms with Crippen LogP contribution in [0, 0.1) is 0 Å². The van der Waals surface area contributed by atoms with Crippen molar-refractivity contribution in [3.05, 3.63) is 46.6 Å². The van der Waals surface area contributed by atoms with Crippen LogP contribution in [0.2, 0.25) is 5.15 Å². The van der Waals surface area contributed by atoms with E-state index in [0.29, 0.717) is 32.6 Å². The van der Waals surface area contributed by atoms with Crippen molar-refractivity contribution in [3.63, 3.8) is 0 Å². The summed E-state index contributed by atoms with van der Waals surface area (Å²) in [7, 11) is 1.70. The number of tetrazole rings is 1. The van der Waals surface area contributed by atoms with E-state index >= 15 is 0 Å². The van der Waals surface area contributed by atoms with E-state index in [1.54, 1.807) is 14.0 Å². The third kappa shape index (κ3) is 4.19. The normalized spacial score (nSPS) is 10.9. The third-order valence-electron chi connectivity index (χ3n) is 4.04. The van der Waals surface area contributed by atoms with E-state index in [-0.39, 0.29) is 13.2 Å². The molecule has 0 aliphatic carbocycles. The summed E-state index contributed by atoms with van der Waals surface area (Å²) in [6, 6.07) is 7.40. The minimum Gasteiger partial charge on any atom is -0.489 e. The highest BCUT2D eigenvalue weighted by Gasteiger charge is 2.17. The molecule has 154 valence electrons. The van der Waals surface area contributed by atoms with E-state index in [1.165, 1.54) is 22.3 Å². The molecule has 3 heterocycles. The van der Waals surface area contributed by atoms with Crippen LogP contribution in [-0.4, -0.2) is 38.0 Å². The van der Waals surface area contributed by atoms with E-state index in [0.717, 1.165) is 11.1 Å². The monoisotopic (exact) mass is 445 g/mol. The summed E-state index contributed by atoms with van der Waals surface area (Å²) in [5.74, 6) is 1.44. The van der Waals surface area contributed by atoms with Crippen LogP contribution in [0.4, 0.5) is 4.79 Å². The molecule has 0 aliphatic rings. The van der Waals surface area contributed by atoms with Crippen LogP contribution in [0.15, 0.2) is 35.8 Å². The first-order chi connectivity index (χ1) is 14.5. The summed E-state index contributed by atoms with van der Waals surface area (Å²) >= 11 is 7.69. The molecule has 0 saturated carbocycles. The predicted molar refractivity (Wildman–Crippen MR) is 111 cm³/mol. The van der Waals surface area contributed by atoms with Crippen LogP contribution in [0.25, 0.3) is 21.5 Å². The Morgan fingerprint density at radius 2 is 2.20 bits per heavy atom. The Balaban J connectivity index is 1.55. The van der Waals surface area contributed by atoms with Crippen LogP contribution < -0.4 is 9.47 Å². The Morgan fingerprint density at radius 3 is 2.97 bits per heavy atom. The van der Waals surface area contributed by atoms with Gasteiger partial charge in [-0.2, -0.15) is 4.80 Å². The fourth-order valence-corrected chi connectivity index (χ4v) is 4.06. The number of benzene rings is 1. The second-order valence-corrected chi connectivity index (χ2v) is 7.32. The van der Waals surface area contributed by atoms with Gasteiger partial charge in [-0.3, -0.25) is 0 Å². The topological polar surface area (TPSA) is 101 Å². The number of fused-ring (bicyclic) bond motifs is 1. The highest BCUT2D eigenvalue weighted by molar-refractivity contribution is 7.17. The number of carbonyl (C=O) groups excluding carboxylic acids is 1. The number of thiophene rings is 1. The first-order valence-electron chi connectivity index (χ1n) is 8.91. The van der Waals surface area contributed by atoms with Crippen molar-refractivity contribution in [1.29, 1.82) is 0 Å². The van der Waals surface area contributed by atoms with E-state index in [2.05, 4.69) is 20.4 Å². The highest BCUT2D eigenvalue weighted by Crippen LogP contribution is 2.38. The van der Waals surface area contributed by atoms with Gasteiger partial charge in [-0.15, -0.1) is 21.5 Å². The summed E-state index contributed by atoms with van der Waals surface area (Å²) in [5.41, 5.74) is 1.62. The molecule has 0 bridgehead atoms. The van der Waals surface area contributed by atoms with Gasteiger partial charge in [0.05, 0.1) is 24.6 Å². The molecular weight excluding hydrogens is 430 g/mol. The van der Waals surface area contributed by atoms with Crippen molar-refractivity contribution in [2.75, 3.05) is 6.61 Å². The number of halogens is 1. The number of hydrogen-bond acceptors (Lipinski definition) is 9. The molecule has 0 unspecified atom stereocenters. The zero-order valence-electron chi connectivity index (χ0n) is 16.0. The number of rotatable bonds is 6. The maximum atomic E-state index is 11.7. The minimum absolute atomic E-state index is 0.218. The van der Waals surface area contributed by atoms with Crippen molar-refractivity contribution in [3.8, 4) is 22.9 Å². The van der Waals surface area contributed by atoms with E-state index in [9.17, 15) is 4.79 Å². The van der Waals surface area contributed by atoms with Crippen molar-refractivity contribution >= 4 is 39.2 Å². The maximum absolute atomic E-state index is 11.7. The number of aryl methyl sites for hydroxylation is 1. The summed E-state index contributed by atoms with van der Waals surface area (Å²) in [5, 5.41) is 14.9. The molecule has 0 saturated heterocycles. The fourth-order valence-electron chi connectivity index (χ4n) is 2.74. The second kappa shape index (κ2) is 8.64. The lowest BCUT2D eigenvalue weighted by Gasteiger charge is -2.08.